The number of nitrogens with one attached hydrogen (secondary N) is 2. The summed E-state index contributed by atoms with van der Waals surface area (Å²) in [6.07, 6.45) is 5.20. The topological polar surface area (TPSA) is 80.3 Å². The first-order chi connectivity index (χ1) is 13.0. The molecule has 1 aromatic heterocycles. The second-order valence-corrected chi connectivity index (χ2v) is 8.44. The van der Waals surface area contributed by atoms with E-state index in [2.05, 4.69) is 15.6 Å². The largest absolute Gasteiger partial charge is 0.497 e. The van der Waals surface area contributed by atoms with Gasteiger partial charge in [-0.1, -0.05) is 44.4 Å². The lowest BCUT2D eigenvalue weighted by atomic mass is 9.88. The van der Waals surface area contributed by atoms with Crippen LogP contribution in [-0.4, -0.2) is 29.9 Å². The smallest absolute Gasteiger partial charge is 0.248 e. The van der Waals surface area contributed by atoms with Crippen molar-refractivity contribution in [3.63, 3.8) is 0 Å². The summed E-state index contributed by atoms with van der Waals surface area (Å²) in [4.78, 5) is 29.8. The molecule has 2 aromatic rings. The second-order valence-electron chi connectivity index (χ2n) is 7.41. The van der Waals surface area contributed by atoms with Crippen LogP contribution in [0.2, 0.25) is 0 Å². The number of ether oxygens (including phenoxy) is 1. The second kappa shape index (κ2) is 8.69. The molecule has 1 aliphatic rings. The molecule has 6 nitrogen and oxygen atoms in total. The number of nitrogens with zero attached hydrogens (tertiary/aromatic N) is 1. The van der Waals surface area contributed by atoms with Crippen LogP contribution in [0.5, 0.6) is 5.75 Å². The van der Waals surface area contributed by atoms with Crippen molar-refractivity contribution >= 4 is 38.5 Å². The Morgan fingerprint density at radius 1 is 1.22 bits per heavy atom. The molecule has 1 fully saturated rings. The number of aromatic nitrogens is 1. The Hall–Kier alpha value is -2.15. The van der Waals surface area contributed by atoms with E-state index in [1.54, 1.807) is 7.11 Å². The van der Waals surface area contributed by atoms with Crippen molar-refractivity contribution in [3.05, 3.63) is 18.2 Å². The van der Waals surface area contributed by atoms with Crippen molar-refractivity contribution in [1.82, 2.24) is 10.3 Å². The lowest BCUT2D eigenvalue weighted by Gasteiger charge is -2.26. The maximum Gasteiger partial charge on any atom is 0.248 e. The Kier molecular flexibility index (Phi) is 6.31. The molecule has 2 N–H and O–H groups in total. The number of thiazole rings is 1. The monoisotopic (exact) mass is 389 g/mol. The predicted octanol–water partition coefficient (Wildman–Crippen LogP) is 3.96. The molecule has 0 spiro atoms. The van der Waals surface area contributed by atoms with E-state index in [0.29, 0.717) is 5.13 Å². The minimum Gasteiger partial charge on any atom is -0.497 e. The predicted molar refractivity (Wildman–Crippen MR) is 108 cm³/mol. The summed E-state index contributed by atoms with van der Waals surface area (Å²) in [6.45, 7) is 3.88. The Morgan fingerprint density at radius 2 is 1.96 bits per heavy atom. The van der Waals surface area contributed by atoms with E-state index in [9.17, 15) is 9.59 Å². The highest BCUT2D eigenvalue weighted by molar-refractivity contribution is 7.22. The summed E-state index contributed by atoms with van der Waals surface area (Å²) < 4.78 is 6.17. The zero-order chi connectivity index (χ0) is 19.4. The van der Waals surface area contributed by atoms with Crippen LogP contribution in [-0.2, 0) is 9.59 Å². The molecule has 1 aliphatic carbocycles. The van der Waals surface area contributed by atoms with Crippen LogP contribution >= 0.6 is 11.3 Å². The van der Waals surface area contributed by atoms with Gasteiger partial charge in [-0.2, -0.15) is 0 Å². The van der Waals surface area contributed by atoms with Gasteiger partial charge in [-0.3, -0.25) is 9.59 Å². The standard InChI is InChI=1S/C20H27N3O3S/c1-12(2)17(22-18(24)13-7-5-4-6-8-13)19(25)23-20-21-15-10-9-14(26-3)11-16(15)27-20/h9-13,17H,4-8H2,1-3H3,(H,22,24)(H,21,23,25). The third-order valence-electron chi connectivity index (χ3n) is 5.05. The van der Waals surface area contributed by atoms with Crippen LogP contribution in [0, 0.1) is 11.8 Å². The highest BCUT2D eigenvalue weighted by Crippen LogP contribution is 2.29. The normalized spacial score (nSPS) is 16.3. The number of anilines is 1. The number of methoxy groups -OCH3 is 1. The Balaban J connectivity index is 1.68. The van der Waals surface area contributed by atoms with E-state index in [-0.39, 0.29) is 23.7 Å². The summed E-state index contributed by atoms with van der Waals surface area (Å²) >= 11 is 1.40. The molecule has 0 bridgehead atoms. The lowest BCUT2D eigenvalue weighted by molar-refractivity contribution is -0.130. The fraction of sp³-hybridized carbons (Fsp3) is 0.550. The molecule has 1 unspecified atom stereocenters. The van der Waals surface area contributed by atoms with Gasteiger partial charge < -0.3 is 15.4 Å². The molecule has 146 valence electrons. The van der Waals surface area contributed by atoms with Gasteiger partial charge >= 0.3 is 0 Å². The van der Waals surface area contributed by atoms with Crippen molar-refractivity contribution in [2.75, 3.05) is 12.4 Å². The van der Waals surface area contributed by atoms with Gasteiger partial charge in [0.25, 0.3) is 0 Å². The quantitative estimate of drug-likeness (QED) is 0.783. The van der Waals surface area contributed by atoms with Gasteiger partial charge in [0, 0.05) is 5.92 Å². The zero-order valence-electron chi connectivity index (χ0n) is 16.1. The van der Waals surface area contributed by atoms with Gasteiger partial charge in [-0.05, 0) is 37.0 Å². The lowest BCUT2D eigenvalue weighted by Crippen LogP contribution is -2.49. The van der Waals surface area contributed by atoms with E-state index >= 15 is 0 Å². The van der Waals surface area contributed by atoms with E-state index in [1.807, 2.05) is 32.0 Å². The van der Waals surface area contributed by atoms with Gasteiger partial charge in [0.15, 0.2) is 5.13 Å². The molecule has 1 atom stereocenters. The summed E-state index contributed by atoms with van der Waals surface area (Å²) in [7, 11) is 1.62. The number of hydrogen-bond acceptors (Lipinski definition) is 5. The van der Waals surface area contributed by atoms with Gasteiger partial charge in [-0.25, -0.2) is 4.98 Å². The average molecular weight is 390 g/mol. The van der Waals surface area contributed by atoms with Crippen molar-refractivity contribution in [3.8, 4) is 5.75 Å². The van der Waals surface area contributed by atoms with E-state index in [4.69, 9.17) is 4.74 Å². The van der Waals surface area contributed by atoms with Crippen LogP contribution < -0.4 is 15.4 Å². The summed E-state index contributed by atoms with van der Waals surface area (Å²) in [5.41, 5.74) is 0.809. The maximum absolute atomic E-state index is 12.8. The summed E-state index contributed by atoms with van der Waals surface area (Å²) in [5.74, 6) is 0.552. The van der Waals surface area contributed by atoms with Crippen molar-refractivity contribution in [2.45, 2.75) is 52.0 Å². The van der Waals surface area contributed by atoms with E-state index in [0.717, 1.165) is 41.6 Å². The number of carbonyl (C=O) groups excluding carboxylic acids is 2. The Bertz CT molecular complexity index is 812. The summed E-state index contributed by atoms with van der Waals surface area (Å²) in [6, 6.07) is 5.04. The third-order valence-corrected chi connectivity index (χ3v) is 5.98. The molecule has 1 aromatic carbocycles. The molecule has 0 saturated heterocycles. The SMILES string of the molecule is COc1ccc2nc(NC(=O)C(NC(=O)C3CCCCC3)C(C)C)sc2c1. The first-order valence-corrected chi connectivity index (χ1v) is 10.4. The van der Waals surface area contributed by atoms with Gasteiger partial charge in [0.05, 0.1) is 17.3 Å². The molecular weight excluding hydrogens is 362 g/mol. The minimum absolute atomic E-state index is 0.00223. The zero-order valence-corrected chi connectivity index (χ0v) is 16.9. The Labute approximate surface area is 163 Å². The van der Waals surface area contributed by atoms with Crippen LogP contribution in [0.15, 0.2) is 18.2 Å². The molecule has 1 heterocycles. The van der Waals surface area contributed by atoms with Crippen molar-refractivity contribution in [2.24, 2.45) is 11.8 Å². The van der Waals surface area contributed by atoms with Crippen LogP contribution in [0.25, 0.3) is 10.2 Å². The summed E-state index contributed by atoms with van der Waals surface area (Å²) in [5, 5.41) is 6.36. The molecule has 0 aliphatic heterocycles. The first-order valence-electron chi connectivity index (χ1n) is 9.53. The molecule has 2 amide bonds. The third kappa shape index (κ3) is 4.77. The number of rotatable bonds is 6. The number of amides is 2. The highest BCUT2D eigenvalue weighted by atomic mass is 32.1. The van der Waals surface area contributed by atoms with Gasteiger partial charge in [-0.15, -0.1) is 0 Å². The highest BCUT2D eigenvalue weighted by Gasteiger charge is 2.29. The molecule has 1 saturated carbocycles. The minimum atomic E-state index is -0.569. The van der Waals surface area contributed by atoms with Crippen LogP contribution in [0.3, 0.4) is 0 Å². The number of hydrogen-bond donors (Lipinski definition) is 2. The maximum atomic E-state index is 12.8. The molecular formula is C20H27N3O3S. The van der Waals surface area contributed by atoms with E-state index in [1.165, 1.54) is 17.8 Å². The van der Waals surface area contributed by atoms with Crippen LogP contribution in [0.1, 0.15) is 46.0 Å². The molecule has 0 radical (unpaired) electrons. The van der Waals surface area contributed by atoms with Crippen molar-refractivity contribution < 1.29 is 14.3 Å². The molecule has 3 rings (SSSR count). The number of fused-ring (bicyclic) bond motifs is 1. The van der Waals surface area contributed by atoms with Gasteiger partial charge in [0.1, 0.15) is 11.8 Å². The Morgan fingerprint density at radius 3 is 2.63 bits per heavy atom. The number of carbonyl (C=O) groups is 2. The van der Waals surface area contributed by atoms with Gasteiger partial charge in [0.2, 0.25) is 11.8 Å². The van der Waals surface area contributed by atoms with Crippen LogP contribution in [0.4, 0.5) is 5.13 Å². The van der Waals surface area contributed by atoms with E-state index < -0.39 is 6.04 Å². The average Bonchev–Trinajstić information content (AvgIpc) is 3.07. The van der Waals surface area contributed by atoms with Crippen molar-refractivity contribution in [1.29, 1.82) is 0 Å². The molecule has 27 heavy (non-hydrogen) atoms. The fourth-order valence-electron chi connectivity index (χ4n) is 3.44. The number of benzene rings is 1. The molecule has 7 heteroatoms. The fourth-order valence-corrected chi connectivity index (χ4v) is 4.34. The first kappa shape index (κ1) is 19.6.